The Morgan fingerprint density at radius 2 is 2.11 bits per heavy atom. The molecule has 0 aliphatic carbocycles. The molecular weight excluding hydrogens is 244 g/mol. The van der Waals surface area contributed by atoms with Gasteiger partial charge in [-0.2, -0.15) is 11.8 Å². The Hall–Kier alpha value is -0.220. The molecule has 3 nitrogen and oxygen atoms in total. The molecule has 18 heavy (non-hydrogen) atoms. The van der Waals surface area contributed by atoms with Crippen LogP contribution in [0.5, 0.6) is 0 Å². The highest BCUT2D eigenvalue weighted by Gasteiger charge is 2.37. The van der Waals surface area contributed by atoms with E-state index in [2.05, 4.69) is 24.5 Å². The van der Waals surface area contributed by atoms with Gasteiger partial charge < -0.3 is 10.6 Å². The summed E-state index contributed by atoms with van der Waals surface area (Å²) in [6.45, 7) is 6.23. The lowest BCUT2D eigenvalue weighted by Crippen LogP contribution is -2.56. The van der Waals surface area contributed by atoms with Crippen LogP contribution in [0.1, 0.15) is 39.5 Å². The van der Waals surface area contributed by atoms with E-state index in [0.29, 0.717) is 5.92 Å². The highest BCUT2D eigenvalue weighted by molar-refractivity contribution is 7.99. The molecule has 2 fully saturated rings. The van der Waals surface area contributed by atoms with Crippen molar-refractivity contribution < 1.29 is 4.79 Å². The Labute approximate surface area is 115 Å². The first-order valence-electron chi connectivity index (χ1n) is 7.18. The van der Waals surface area contributed by atoms with Gasteiger partial charge in [-0.1, -0.05) is 13.8 Å². The van der Waals surface area contributed by atoms with Crippen LogP contribution in [-0.2, 0) is 4.79 Å². The smallest absolute Gasteiger partial charge is 0.237 e. The van der Waals surface area contributed by atoms with Crippen LogP contribution in [0.3, 0.4) is 0 Å². The first-order valence-corrected chi connectivity index (χ1v) is 8.34. The molecule has 2 rings (SSSR count). The SMILES string of the molecule is CC1(C)CCCNC1C(=O)NCC1CCSCC1. The van der Waals surface area contributed by atoms with Crippen LogP contribution in [0.2, 0.25) is 0 Å². The second-order valence-corrected chi connectivity index (χ2v) is 7.50. The maximum Gasteiger partial charge on any atom is 0.237 e. The van der Waals surface area contributed by atoms with E-state index in [-0.39, 0.29) is 17.4 Å². The van der Waals surface area contributed by atoms with Gasteiger partial charge in [0.25, 0.3) is 0 Å². The molecule has 1 atom stereocenters. The summed E-state index contributed by atoms with van der Waals surface area (Å²) in [4.78, 5) is 12.3. The van der Waals surface area contributed by atoms with E-state index in [1.54, 1.807) is 0 Å². The molecule has 2 aliphatic heterocycles. The van der Waals surface area contributed by atoms with Gasteiger partial charge in [-0.15, -0.1) is 0 Å². The van der Waals surface area contributed by atoms with Crippen molar-refractivity contribution in [2.75, 3.05) is 24.6 Å². The number of hydrogen-bond donors (Lipinski definition) is 2. The molecule has 0 saturated carbocycles. The monoisotopic (exact) mass is 270 g/mol. The lowest BCUT2D eigenvalue weighted by Gasteiger charge is -2.38. The lowest BCUT2D eigenvalue weighted by atomic mass is 9.77. The minimum Gasteiger partial charge on any atom is -0.354 e. The zero-order chi connectivity index (χ0) is 13.0. The normalized spacial score (nSPS) is 28.9. The van der Waals surface area contributed by atoms with Crippen LogP contribution in [-0.4, -0.2) is 36.5 Å². The average Bonchev–Trinajstić information content (AvgIpc) is 2.37. The standard InChI is InChI=1S/C14H26N2OS/c1-14(2)6-3-7-15-12(14)13(17)16-10-11-4-8-18-9-5-11/h11-12,15H,3-10H2,1-2H3,(H,16,17). The van der Waals surface area contributed by atoms with Gasteiger partial charge >= 0.3 is 0 Å². The average molecular weight is 270 g/mol. The number of thioether (sulfide) groups is 1. The van der Waals surface area contributed by atoms with Crippen molar-refractivity contribution in [3.05, 3.63) is 0 Å². The van der Waals surface area contributed by atoms with Crippen LogP contribution < -0.4 is 10.6 Å². The number of piperidine rings is 1. The van der Waals surface area contributed by atoms with Gasteiger partial charge in [0.1, 0.15) is 0 Å². The van der Waals surface area contributed by atoms with Gasteiger partial charge in [0.2, 0.25) is 5.91 Å². The van der Waals surface area contributed by atoms with Crippen LogP contribution >= 0.6 is 11.8 Å². The third kappa shape index (κ3) is 3.64. The third-order valence-electron chi connectivity index (χ3n) is 4.30. The number of rotatable bonds is 3. The molecule has 4 heteroatoms. The molecule has 1 amide bonds. The summed E-state index contributed by atoms with van der Waals surface area (Å²) in [5, 5.41) is 6.55. The van der Waals surface area contributed by atoms with Gasteiger partial charge in [-0.25, -0.2) is 0 Å². The van der Waals surface area contributed by atoms with Gasteiger partial charge in [0.05, 0.1) is 6.04 Å². The first kappa shape index (κ1) is 14.2. The minimum absolute atomic E-state index is 0.00999. The fourth-order valence-corrected chi connectivity index (χ4v) is 4.16. The summed E-state index contributed by atoms with van der Waals surface area (Å²) < 4.78 is 0. The van der Waals surface area contributed by atoms with Crippen LogP contribution in [0.4, 0.5) is 0 Å². The Morgan fingerprint density at radius 1 is 1.39 bits per heavy atom. The largest absolute Gasteiger partial charge is 0.354 e. The number of carbonyl (C=O) groups excluding carboxylic acids is 1. The summed E-state index contributed by atoms with van der Waals surface area (Å²) in [7, 11) is 0. The molecule has 2 N–H and O–H groups in total. The molecule has 0 spiro atoms. The van der Waals surface area contributed by atoms with Crippen molar-refractivity contribution in [3.8, 4) is 0 Å². The van der Waals surface area contributed by atoms with E-state index in [9.17, 15) is 4.79 Å². The van der Waals surface area contributed by atoms with Crippen LogP contribution in [0, 0.1) is 11.3 Å². The zero-order valence-corrected chi connectivity index (χ0v) is 12.4. The van der Waals surface area contributed by atoms with E-state index in [1.807, 2.05) is 11.8 Å². The van der Waals surface area contributed by atoms with Crippen molar-refractivity contribution in [1.29, 1.82) is 0 Å². The molecule has 104 valence electrons. The Bertz CT molecular complexity index is 288. The number of nitrogens with one attached hydrogen (secondary N) is 2. The van der Waals surface area contributed by atoms with E-state index < -0.39 is 0 Å². The summed E-state index contributed by atoms with van der Waals surface area (Å²) in [6, 6.07) is -0.00999. The van der Waals surface area contributed by atoms with E-state index in [0.717, 1.165) is 19.5 Å². The maximum absolute atomic E-state index is 12.3. The summed E-state index contributed by atoms with van der Waals surface area (Å²) in [5.41, 5.74) is 0.0880. The molecule has 0 aromatic rings. The van der Waals surface area contributed by atoms with E-state index in [4.69, 9.17) is 0 Å². The minimum atomic E-state index is -0.00999. The summed E-state index contributed by atoms with van der Waals surface area (Å²) in [6.07, 6.45) is 4.83. The summed E-state index contributed by atoms with van der Waals surface area (Å²) in [5.74, 6) is 3.42. The number of hydrogen-bond acceptors (Lipinski definition) is 3. The van der Waals surface area contributed by atoms with Gasteiger partial charge in [0, 0.05) is 6.54 Å². The van der Waals surface area contributed by atoms with Gasteiger partial charge in [-0.3, -0.25) is 4.79 Å². The molecule has 0 aromatic carbocycles. The molecule has 1 unspecified atom stereocenters. The van der Waals surface area contributed by atoms with Crippen molar-refractivity contribution in [2.24, 2.45) is 11.3 Å². The third-order valence-corrected chi connectivity index (χ3v) is 5.34. The van der Waals surface area contributed by atoms with Crippen molar-refractivity contribution in [2.45, 2.75) is 45.6 Å². The quantitative estimate of drug-likeness (QED) is 0.824. The van der Waals surface area contributed by atoms with Crippen molar-refractivity contribution >= 4 is 17.7 Å². The van der Waals surface area contributed by atoms with E-state index >= 15 is 0 Å². The van der Waals surface area contributed by atoms with Gasteiger partial charge in [-0.05, 0) is 55.1 Å². The topological polar surface area (TPSA) is 41.1 Å². The molecule has 0 bridgehead atoms. The van der Waals surface area contributed by atoms with Crippen molar-refractivity contribution in [1.82, 2.24) is 10.6 Å². The molecule has 2 saturated heterocycles. The Balaban J connectivity index is 1.79. The van der Waals surface area contributed by atoms with Crippen LogP contribution in [0.15, 0.2) is 0 Å². The molecule has 2 aliphatic rings. The first-order chi connectivity index (χ1) is 8.59. The number of amides is 1. The highest BCUT2D eigenvalue weighted by Crippen LogP contribution is 2.30. The Morgan fingerprint density at radius 3 is 2.78 bits per heavy atom. The number of carbonyl (C=O) groups is 1. The fraction of sp³-hybridized carbons (Fsp3) is 0.929. The summed E-state index contributed by atoms with van der Waals surface area (Å²) >= 11 is 2.04. The van der Waals surface area contributed by atoms with Crippen molar-refractivity contribution in [3.63, 3.8) is 0 Å². The zero-order valence-electron chi connectivity index (χ0n) is 11.6. The molecule has 0 radical (unpaired) electrons. The molecule has 0 aromatic heterocycles. The predicted molar refractivity (Wildman–Crippen MR) is 77.9 cm³/mol. The van der Waals surface area contributed by atoms with E-state index in [1.165, 1.54) is 30.8 Å². The molecule has 2 heterocycles. The highest BCUT2D eigenvalue weighted by atomic mass is 32.2. The van der Waals surface area contributed by atoms with Gasteiger partial charge in [0.15, 0.2) is 0 Å². The lowest BCUT2D eigenvalue weighted by molar-refractivity contribution is -0.127. The maximum atomic E-state index is 12.3. The second kappa shape index (κ2) is 6.29. The Kier molecular flexibility index (Phi) is 4.96. The predicted octanol–water partition coefficient (Wildman–Crippen LogP) is 2.02. The fourth-order valence-electron chi connectivity index (χ4n) is 2.96. The molecular formula is C14H26N2OS. The van der Waals surface area contributed by atoms with Crippen LogP contribution in [0.25, 0.3) is 0 Å². The second-order valence-electron chi connectivity index (χ2n) is 6.28.